The molecular formula is C17H25NO3. The molecule has 0 aliphatic heterocycles. The minimum Gasteiger partial charge on any atom is -0.491 e. The van der Waals surface area contributed by atoms with E-state index in [9.17, 15) is 9.90 Å². The molecule has 0 aromatic heterocycles. The van der Waals surface area contributed by atoms with Gasteiger partial charge in [0.1, 0.15) is 18.5 Å². The lowest BCUT2D eigenvalue weighted by Crippen LogP contribution is -2.42. The number of fused-ring (bicyclic) bond motifs is 1. The van der Waals surface area contributed by atoms with E-state index in [1.807, 2.05) is 18.2 Å². The molecule has 0 spiro atoms. The lowest BCUT2D eigenvalue weighted by atomic mass is 9.90. The lowest BCUT2D eigenvalue weighted by molar-refractivity contribution is 0.0957. The third kappa shape index (κ3) is 4.55. The van der Waals surface area contributed by atoms with Gasteiger partial charge in [0, 0.05) is 29.6 Å². The number of hydrogen-bond donors (Lipinski definition) is 2. The van der Waals surface area contributed by atoms with Crippen molar-refractivity contribution in [3.8, 4) is 5.75 Å². The largest absolute Gasteiger partial charge is 0.491 e. The summed E-state index contributed by atoms with van der Waals surface area (Å²) in [6.07, 6.45) is 1.79. The molecule has 21 heavy (non-hydrogen) atoms. The van der Waals surface area contributed by atoms with Crippen LogP contribution in [-0.2, 0) is 6.42 Å². The maximum Gasteiger partial charge on any atom is 0.163 e. The average molecular weight is 291 g/mol. The van der Waals surface area contributed by atoms with E-state index in [-0.39, 0.29) is 17.9 Å². The smallest absolute Gasteiger partial charge is 0.163 e. The van der Waals surface area contributed by atoms with Gasteiger partial charge in [-0.2, -0.15) is 0 Å². The van der Waals surface area contributed by atoms with Crippen molar-refractivity contribution in [2.45, 2.75) is 51.7 Å². The SMILES string of the molecule is CC(C)(C)NC[C@@H](O)COc1cccc2c1CCCC2=O. The number of aliphatic hydroxyl groups excluding tert-OH is 1. The van der Waals surface area contributed by atoms with Crippen molar-refractivity contribution in [3.05, 3.63) is 29.3 Å². The first-order valence-electron chi connectivity index (χ1n) is 7.58. The van der Waals surface area contributed by atoms with Gasteiger partial charge in [-0.1, -0.05) is 12.1 Å². The molecule has 2 rings (SSSR count). The van der Waals surface area contributed by atoms with Gasteiger partial charge in [-0.25, -0.2) is 0 Å². The highest BCUT2D eigenvalue weighted by atomic mass is 16.5. The Hall–Kier alpha value is -1.39. The third-order valence-corrected chi connectivity index (χ3v) is 3.56. The van der Waals surface area contributed by atoms with Gasteiger partial charge in [-0.3, -0.25) is 4.79 Å². The van der Waals surface area contributed by atoms with Crippen LogP contribution in [0.25, 0.3) is 0 Å². The molecule has 4 nitrogen and oxygen atoms in total. The summed E-state index contributed by atoms with van der Waals surface area (Å²) in [5.41, 5.74) is 1.74. The minimum atomic E-state index is -0.570. The number of carbonyl (C=O) groups excluding carboxylic acids is 1. The average Bonchev–Trinajstić information content (AvgIpc) is 2.42. The van der Waals surface area contributed by atoms with Crippen LogP contribution in [-0.4, -0.2) is 35.7 Å². The molecule has 1 aromatic rings. The normalized spacial score (nSPS) is 16.5. The molecule has 0 saturated carbocycles. The van der Waals surface area contributed by atoms with Crippen molar-refractivity contribution in [3.63, 3.8) is 0 Å². The first-order valence-corrected chi connectivity index (χ1v) is 7.58. The lowest BCUT2D eigenvalue weighted by Gasteiger charge is -2.24. The molecule has 1 atom stereocenters. The summed E-state index contributed by atoms with van der Waals surface area (Å²) in [6, 6.07) is 5.58. The summed E-state index contributed by atoms with van der Waals surface area (Å²) in [7, 11) is 0. The molecular weight excluding hydrogens is 266 g/mol. The Morgan fingerprint density at radius 2 is 2.10 bits per heavy atom. The van der Waals surface area contributed by atoms with Crippen LogP contribution >= 0.6 is 0 Å². The standard InChI is InChI=1S/C17H25NO3/c1-17(2,3)18-10-12(19)11-21-16-9-5-6-13-14(16)7-4-8-15(13)20/h5-6,9,12,18-19H,4,7-8,10-11H2,1-3H3/t12-/m1/s1. The van der Waals surface area contributed by atoms with Crippen molar-refractivity contribution < 1.29 is 14.6 Å². The zero-order valence-electron chi connectivity index (χ0n) is 13.1. The Labute approximate surface area is 126 Å². The highest BCUT2D eigenvalue weighted by Crippen LogP contribution is 2.29. The minimum absolute atomic E-state index is 0.0285. The van der Waals surface area contributed by atoms with Crippen LogP contribution in [0.5, 0.6) is 5.75 Å². The van der Waals surface area contributed by atoms with Crippen molar-refractivity contribution in [2.24, 2.45) is 0 Å². The van der Waals surface area contributed by atoms with Crippen molar-refractivity contribution in [1.82, 2.24) is 5.32 Å². The van der Waals surface area contributed by atoms with Gasteiger partial charge in [0.25, 0.3) is 0 Å². The fraction of sp³-hybridized carbons (Fsp3) is 0.588. The summed E-state index contributed by atoms with van der Waals surface area (Å²) in [6.45, 7) is 6.88. The molecule has 1 aromatic carbocycles. The second-order valence-corrected chi connectivity index (χ2v) is 6.65. The molecule has 116 valence electrons. The number of rotatable bonds is 5. The number of ketones is 1. The van der Waals surface area contributed by atoms with Crippen molar-refractivity contribution >= 4 is 5.78 Å². The molecule has 0 heterocycles. The summed E-state index contributed by atoms with van der Waals surface area (Å²) in [5.74, 6) is 0.923. The summed E-state index contributed by atoms with van der Waals surface area (Å²) < 4.78 is 5.74. The van der Waals surface area contributed by atoms with Gasteiger partial charge in [-0.05, 0) is 39.7 Å². The van der Waals surface area contributed by atoms with E-state index in [4.69, 9.17) is 4.74 Å². The molecule has 2 N–H and O–H groups in total. The van der Waals surface area contributed by atoms with Crippen LogP contribution in [0, 0.1) is 0 Å². The molecule has 0 fully saturated rings. The summed E-state index contributed by atoms with van der Waals surface area (Å²) in [4.78, 5) is 11.9. The van der Waals surface area contributed by atoms with Crippen LogP contribution in [0.3, 0.4) is 0 Å². The summed E-state index contributed by atoms with van der Waals surface area (Å²) in [5, 5.41) is 13.2. The fourth-order valence-corrected chi connectivity index (χ4v) is 2.45. The van der Waals surface area contributed by atoms with Gasteiger partial charge in [-0.15, -0.1) is 0 Å². The van der Waals surface area contributed by atoms with Crippen molar-refractivity contribution in [2.75, 3.05) is 13.2 Å². The maximum atomic E-state index is 11.9. The molecule has 4 heteroatoms. The molecule has 0 saturated heterocycles. The maximum absolute atomic E-state index is 11.9. The van der Waals surface area contributed by atoms with E-state index < -0.39 is 6.10 Å². The zero-order valence-corrected chi connectivity index (χ0v) is 13.1. The van der Waals surface area contributed by atoms with Crippen LogP contribution in [0.15, 0.2) is 18.2 Å². The quantitative estimate of drug-likeness (QED) is 0.874. The second-order valence-electron chi connectivity index (χ2n) is 6.65. The van der Waals surface area contributed by atoms with Crippen molar-refractivity contribution in [1.29, 1.82) is 0 Å². The highest BCUT2D eigenvalue weighted by Gasteiger charge is 2.20. The van der Waals surface area contributed by atoms with E-state index in [1.54, 1.807) is 0 Å². The number of carbonyl (C=O) groups is 1. The summed E-state index contributed by atoms with van der Waals surface area (Å²) >= 11 is 0. The van der Waals surface area contributed by atoms with Gasteiger partial charge >= 0.3 is 0 Å². The monoisotopic (exact) mass is 291 g/mol. The number of hydrogen-bond acceptors (Lipinski definition) is 4. The van der Waals surface area contributed by atoms with Gasteiger partial charge in [0.05, 0.1) is 0 Å². The van der Waals surface area contributed by atoms with Crippen LogP contribution in [0.4, 0.5) is 0 Å². The number of Topliss-reactive ketones (excluding diaryl/α,β-unsaturated/α-hetero) is 1. The van der Waals surface area contributed by atoms with E-state index >= 15 is 0 Å². The Morgan fingerprint density at radius 3 is 2.81 bits per heavy atom. The van der Waals surface area contributed by atoms with Gasteiger partial charge in [0.2, 0.25) is 0 Å². The number of nitrogens with one attached hydrogen (secondary N) is 1. The van der Waals surface area contributed by atoms with Gasteiger partial charge < -0.3 is 15.2 Å². The topological polar surface area (TPSA) is 58.6 Å². The molecule has 1 aliphatic carbocycles. The number of ether oxygens (including phenoxy) is 1. The molecule has 0 unspecified atom stereocenters. The number of benzene rings is 1. The molecule has 0 amide bonds. The predicted octanol–water partition coefficient (Wildman–Crippen LogP) is 2.33. The van der Waals surface area contributed by atoms with Crippen LogP contribution in [0.2, 0.25) is 0 Å². The molecule has 0 bridgehead atoms. The molecule has 0 radical (unpaired) electrons. The van der Waals surface area contributed by atoms with Gasteiger partial charge in [0.15, 0.2) is 5.78 Å². The first kappa shape index (κ1) is 16.0. The Kier molecular flexibility index (Phi) is 5.01. The fourth-order valence-electron chi connectivity index (χ4n) is 2.45. The Morgan fingerprint density at radius 1 is 1.33 bits per heavy atom. The van der Waals surface area contributed by atoms with E-state index in [0.717, 1.165) is 29.7 Å². The third-order valence-electron chi connectivity index (χ3n) is 3.56. The van der Waals surface area contributed by atoms with Crippen LogP contribution in [0.1, 0.15) is 49.5 Å². The zero-order chi connectivity index (χ0) is 15.5. The van der Waals surface area contributed by atoms with E-state index in [0.29, 0.717) is 13.0 Å². The Bertz CT molecular complexity index is 505. The molecule has 1 aliphatic rings. The predicted molar refractivity (Wildman–Crippen MR) is 83.0 cm³/mol. The first-order chi connectivity index (χ1) is 9.87. The highest BCUT2D eigenvalue weighted by molar-refractivity contribution is 5.99. The number of β-amino-alcohol motifs (C(OH)–C–C–N with tert-alkyl or cyclic N) is 1. The van der Waals surface area contributed by atoms with Crippen LogP contribution < -0.4 is 10.1 Å². The van der Waals surface area contributed by atoms with E-state index in [2.05, 4.69) is 26.1 Å². The Balaban J connectivity index is 1.95. The van der Waals surface area contributed by atoms with E-state index in [1.165, 1.54) is 0 Å². The second kappa shape index (κ2) is 6.58. The number of aliphatic hydroxyl groups is 1.